The Hall–Kier alpha value is -2.42. The summed E-state index contributed by atoms with van der Waals surface area (Å²) < 4.78 is 0. The van der Waals surface area contributed by atoms with E-state index < -0.39 is 0 Å². The van der Waals surface area contributed by atoms with Crippen molar-refractivity contribution < 1.29 is 0 Å². The van der Waals surface area contributed by atoms with E-state index in [4.69, 9.17) is 0 Å². The molecule has 1 N–H and O–H groups in total. The van der Waals surface area contributed by atoms with Crippen molar-refractivity contribution in [3.63, 3.8) is 0 Å². The van der Waals surface area contributed by atoms with Gasteiger partial charge in [0, 0.05) is 0 Å². The third-order valence-electron chi connectivity index (χ3n) is 3.39. The second-order valence-electron chi connectivity index (χ2n) is 4.87. The molecule has 0 atom stereocenters. The normalized spacial score (nSPS) is 10.8. The van der Waals surface area contributed by atoms with Crippen molar-refractivity contribution in [3.8, 4) is 0 Å². The van der Waals surface area contributed by atoms with Gasteiger partial charge >= 0.3 is 0 Å². The summed E-state index contributed by atoms with van der Waals surface area (Å²) in [5.74, 6) is 0. The Morgan fingerprint density at radius 3 is 2.50 bits per heavy atom. The van der Waals surface area contributed by atoms with E-state index in [-0.39, 0.29) is 5.56 Å². The predicted molar refractivity (Wildman–Crippen MR) is 80.8 cm³/mol. The van der Waals surface area contributed by atoms with Crippen LogP contribution in [0.4, 0.5) is 0 Å². The molecule has 0 spiro atoms. The number of aromatic nitrogens is 2. The van der Waals surface area contributed by atoms with Crippen molar-refractivity contribution in [1.82, 2.24) is 9.97 Å². The van der Waals surface area contributed by atoms with Gasteiger partial charge < -0.3 is 4.98 Å². The Balaban J connectivity index is 1.74. The molecule has 100 valence electrons. The maximum atomic E-state index is 12.0. The van der Waals surface area contributed by atoms with Crippen LogP contribution in [0.5, 0.6) is 0 Å². The lowest BCUT2D eigenvalue weighted by atomic mass is 10.1. The van der Waals surface area contributed by atoms with E-state index in [2.05, 4.69) is 22.1 Å². The van der Waals surface area contributed by atoms with E-state index in [9.17, 15) is 4.79 Å². The molecule has 0 radical (unpaired) electrons. The molecule has 1 heterocycles. The number of aromatic amines is 1. The van der Waals surface area contributed by atoms with Gasteiger partial charge in [-0.3, -0.25) is 4.79 Å². The van der Waals surface area contributed by atoms with E-state index in [0.717, 1.165) is 23.9 Å². The van der Waals surface area contributed by atoms with Gasteiger partial charge in [0.1, 0.15) is 5.69 Å². The van der Waals surface area contributed by atoms with Gasteiger partial charge in [0.2, 0.25) is 0 Å². The van der Waals surface area contributed by atoms with Gasteiger partial charge in [0.25, 0.3) is 5.56 Å². The molecule has 3 nitrogen and oxygen atoms in total. The fraction of sp³-hybridized carbons (Fsp3) is 0.176. The molecule has 3 heteroatoms. The minimum Gasteiger partial charge on any atom is -0.319 e. The van der Waals surface area contributed by atoms with Crippen LogP contribution in [0.15, 0.2) is 59.4 Å². The number of H-pyrrole nitrogens is 1. The molecule has 2 aromatic carbocycles. The van der Waals surface area contributed by atoms with Crippen molar-refractivity contribution in [2.75, 3.05) is 0 Å². The van der Waals surface area contributed by atoms with Gasteiger partial charge in [-0.15, -0.1) is 0 Å². The maximum absolute atomic E-state index is 12.0. The van der Waals surface area contributed by atoms with Gasteiger partial charge in [0.05, 0.1) is 11.0 Å². The van der Waals surface area contributed by atoms with Crippen LogP contribution < -0.4 is 5.56 Å². The summed E-state index contributed by atoms with van der Waals surface area (Å²) >= 11 is 0. The number of nitrogens with one attached hydrogen (secondary N) is 1. The van der Waals surface area contributed by atoms with Crippen molar-refractivity contribution in [2.24, 2.45) is 0 Å². The lowest BCUT2D eigenvalue weighted by molar-refractivity contribution is 0.791. The Morgan fingerprint density at radius 2 is 1.65 bits per heavy atom. The zero-order valence-electron chi connectivity index (χ0n) is 11.2. The molecule has 0 bridgehead atoms. The number of aryl methyl sites for hydroxylation is 2. The molecular weight excluding hydrogens is 248 g/mol. The summed E-state index contributed by atoms with van der Waals surface area (Å²) in [6.45, 7) is 0. The fourth-order valence-corrected chi connectivity index (χ4v) is 2.34. The molecule has 0 aliphatic heterocycles. The standard InChI is InChI=1S/C17H16N2O/c20-17-16(12-6-9-13-7-2-1-3-8-13)18-14-10-4-5-11-15(14)19-17/h1-5,7-8,10-11H,6,9,12H2,(H,19,20). The highest BCUT2D eigenvalue weighted by Crippen LogP contribution is 2.08. The SMILES string of the molecule is O=c1[nH]c2ccccc2nc1CCCc1ccccc1. The zero-order valence-corrected chi connectivity index (χ0v) is 11.2. The molecule has 0 aliphatic rings. The van der Waals surface area contributed by atoms with Gasteiger partial charge in [-0.1, -0.05) is 42.5 Å². The minimum absolute atomic E-state index is 0.0724. The molecular formula is C17H16N2O. The summed E-state index contributed by atoms with van der Waals surface area (Å²) in [6, 6.07) is 17.9. The first-order valence-corrected chi connectivity index (χ1v) is 6.85. The Bertz CT molecular complexity index is 763. The van der Waals surface area contributed by atoms with Crippen molar-refractivity contribution in [3.05, 3.63) is 76.2 Å². The van der Waals surface area contributed by atoms with Crippen molar-refractivity contribution in [1.29, 1.82) is 0 Å². The number of hydrogen-bond acceptors (Lipinski definition) is 2. The highest BCUT2D eigenvalue weighted by Gasteiger charge is 2.04. The van der Waals surface area contributed by atoms with E-state index in [1.807, 2.05) is 42.5 Å². The Labute approximate surface area is 117 Å². The quantitative estimate of drug-likeness (QED) is 0.787. The number of benzene rings is 2. The zero-order chi connectivity index (χ0) is 13.8. The lowest BCUT2D eigenvalue weighted by Crippen LogP contribution is -2.15. The van der Waals surface area contributed by atoms with Gasteiger partial charge in [-0.25, -0.2) is 4.98 Å². The molecule has 0 amide bonds. The third kappa shape index (κ3) is 2.77. The fourth-order valence-electron chi connectivity index (χ4n) is 2.34. The monoisotopic (exact) mass is 264 g/mol. The molecule has 0 saturated carbocycles. The molecule has 0 aliphatic carbocycles. The van der Waals surface area contributed by atoms with Gasteiger partial charge in [-0.2, -0.15) is 0 Å². The van der Waals surface area contributed by atoms with Crippen LogP contribution in [0.2, 0.25) is 0 Å². The van der Waals surface area contributed by atoms with Crippen LogP contribution >= 0.6 is 0 Å². The highest BCUT2D eigenvalue weighted by molar-refractivity contribution is 5.73. The summed E-state index contributed by atoms with van der Waals surface area (Å²) in [5, 5.41) is 0. The number of hydrogen-bond donors (Lipinski definition) is 1. The average Bonchev–Trinajstić information content (AvgIpc) is 2.49. The highest BCUT2D eigenvalue weighted by atomic mass is 16.1. The second kappa shape index (κ2) is 5.70. The van der Waals surface area contributed by atoms with Crippen LogP contribution in [0, 0.1) is 0 Å². The van der Waals surface area contributed by atoms with Gasteiger partial charge in [-0.05, 0) is 37.0 Å². The van der Waals surface area contributed by atoms with E-state index >= 15 is 0 Å². The largest absolute Gasteiger partial charge is 0.319 e. The summed E-state index contributed by atoms with van der Waals surface area (Å²) in [4.78, 5) is 19.3. The molecule has 0 fully saturated rings. The van der Waals surface area contributed by atoms with E-state index in [1.165, 1.54) is 5.56 Å². The molecule has 0 saturated heterocycles. The third-order valence-corrected chi connectivity index (χ3v) is 3.39. The predicted octanol–water partition coefficient (Wildman–Crippen LogP) is 3.10. The topological polar surface area (TPSA) is 45.8 Å². The summed E-state index contributed by atoms with van der Waals surface area (Å²) in [7, 11) is 0. The van der Waals surface area contributed by atoms with Gasteiger partial charge in [0.15, 0.2) is 0 Å². The van der Waals surface area contributed by atoms with Crippen molar-refractivity contribution >= 4 is 11.0 Å². The first-order chi connectivity index (χ1) is 9.83. The van der Waals surface area contributed by atoms with Crippen LogP contribution in [0.3, 0.4) is 0 Å². The molecule has 20 heavy (non-hydrogen) atoms. The number of nitrogens with zero attached hydrogens (tertiary/aromatic N) is 1. The summed E-state index contributed by atoms with van der Waals surface area (Å²) in [6.07, 6.45) is 2.60. The number of para-hydroxylation sites is 2. The lowest BCUT2D eigenvalue weighted by Gasteiger charge is -2.03. The first-order valence-electron chi connectivity index (χ1n) is 6.85. The summed E-state index contributed by atoms with van der Waals surface area (Å²) in [5.41, 5.74) is 3.49. The maximum Gasteiger partial charge on any atom is 0.270 e. The number of rotatable bonds is 4. The van der Waals surface area contributed by atoms with Crippen LogP contribution in [-0.4, -0.2) is 9.97 Å². The molecule has 0 unspecified atom stereocenters. The van der Waals surface area contributed by atoms with Crippen LogP contribution in [0.25, 0.3) is 11.0 Å². The Kier molecular flexibility index (Phi) is 3.59. The average molecular weight is 264 g/mol. The minimum atomic E-state index is -0.0724. The first kappa shape index (κ1) is 12.6. The second-order valence-corrected chi connectivity index (χ2v) is 4.87. The molecule has 1 aromatic heterocycles. The smallest absolute Gasteiger partial charge is 0.270 e. The molecule has 3 rings (SSSR count). The van der Waals surface area contributed by atoms with Crippen molar-refractivity contribution in [2.45, 2.75) is 19.3 Å². The van der Waals surface area contributed by atoms with E-state index in [1.54, 1.807) is 0 Å². The van der Waals surface area contributed by atoms with E-state index in [0.29, 0.717) is 12.1 Å². The van der Waals surface area contributed by atoms with Crippen LogP contribution in [-0.2, 0) is 12.8 Å². The number of fused-ring (bicyclic) bond motifs is 1. The molecule has 3 aromatic rings. The van der Waals surface area contributed by atoms with Crippen LogP contribution in [0.1, 0.15) is 17.7 Å². The Morgan fingerprint density at radius 1 is 0.900 bits per heavy atom.